The number of nitrogens with one attached hydrogen (secondary N) is 1. The molecule has 154 valence electrons. The third kappa shape index (κ3) is 2.99. The van der Waals surface area contributed by atoms with Gasteiger partial charge in [-0.25, -0.2) is 4.98 Å². The van der Waals surface area contributed by atoms with Crippen molar-refractivity contribution in [3.8, 4) is 17.1 Å². The number of H-pyrrole nitrogens is 1. The first-order valence-electron chi connectivity index (χ1n) is 10.5. The van der Waals surface area contributed by atoms with Crippen LogP contribution in [0, 0.1) is 6.92 Å². The molecule has 6 nitrogen and oxygen atoms in total. The largest absolute Gasteiger partial charge is 0.436 e. The highest BCUT2D eigenvalue weighted by Gasteiger charge is 2.26. The van der Waals surface area contributed by atoms with Gasteiger partial charge in [0.05, 0.1) is 5.69 Å². The Morgan fingerprint density at radius 3 is 2.77 bits per heavy atom. The van der Waals surface area contributed by atoms with Crippen molar-refractivity contribution >= 4 is 22.0 Å². The van der Waals surface area contributed by atoms with Gasteiger partial charge in [0.2, 0.25) is 5.89 Å². The summed E-state index contributed by atoms with van der Waals surface area (Å²) in [5.74, 6) is 1.03. The number of nitrogens with zero attached hydrogens (tertiary/aromatic N) is 3. The van der Waals surface area contributed by atoms with E-state index in [1.807, 2.05) is 43.3 Å². The molecule has 6 heteroatoms. The van der Waals surface area contributed by atoms with Gasteiger partial charge in [-0.3, -0.25) is 9.36 Å². The maximum atomic E-state index is 12.9. The smallest absolute Gasteiger partial charge is 0.255 e. The summed E-state index contributed by atoms with van der Waals surface area (Å²) < 4.78 is 7.49. The van der Waals surface area contributed by atoms with Crippen LogP contribution in [0.1, 0.15) is 17.0 Å². The first-order valence-corrected chi connectivity index (χ1v) is 10.5. The van der Waals surface area contributed by atoms with E-state index in [0.29, 0.717) is 17.4 Å². The molecule has 0 saturated carbocycles. The van der Waals surface area contributed by atoms with Crippen LogP contribution in [0.15, 0.2) is 70.1 Å². The standard InChI is InChI=1S/C25H22N4O2/c1-15-3-6-23-22(9-15)27-25(31-23)16-7-8-29(24(30)10-16)18-4-5-19-20(12-26-21(19)11-18)17-13-28(2)14-17/h3-12,17,26H,13-14H2,1-2H3. The molecule has 6 rings (SSSR count). The van der Waals surface area contributed by atoms with E-state index < -0.39 is 0 Å². The van der Waals surface area contributed by atoms with Gasteiger partial charge in [-0.2, -0.15) is 0 Å². The number of hydrogen-bond donors (Lipinski definition) is 1. The molecule has 1 aliphatic rings. The molecule has 0 bridgehead atoms. The predicted molar refractivity (Wildman–Crippen MR) is 122 cm³/mol. The number of pyridine rings is 1. The zero-order chi connectivity index (χ0) is 21.1. The van der Waals surface area contributed by atoms with Crippen LogP contribution in [0.2, 0.25) is 0 Å². The van der Waals surface area contributed by atoms with E-state index in [4.69, 9.17) is 4.42 Å². The lowest BCUT2D eigenvalue weighted by Gasteiger charge is -2.36. The van der Waals surface area contributed by atoms with Crippen LogP contribution in [-0.4, -0.2) is 39.6 Å². The molecule has 0 amide bonds. The minimum absolute atomic E-state index is 0.123. The number of oxazole rings is 1. The fourth-order valence-electron chi connectivity index (χ4n) is 4.51. The number of rotatable bonds is 3. The highest BCUT2D eigenvalue weighted by molar-refractivity contribution is 5.86. The van der Waals surface area contributed by atoms with E-state index >= 15 is 0 Å². The lowest BCUT2D eigenvalue weighted by molar-refractivity contribution is 0.190. The van der Waals surface area contributed by atoms with E-state index in [1.165, 1.54) is 10.9 Å². The monoisotopic (exact) mass is 410 g/mol. The third-order valence-corrected chi connectivity index (χ3v) is 6.19. The van der Waals surface area contributed by atoms with Crippen molar-refractivity contribution in [2.75, 3.05) is 20.1 Å². The van der Waals surface area contributed by atoms with Crippen LogP contribution in [-0.2, 0) is 0 Å². The summed E-state index contributed by atoms with van der Waals surface area (Å²) >= 11 is 0. The molecule has 0 atom stereocenters. The highest BCUT2D eigenvalue weighted by Crippen LogP contribution is 2.32. The van der Waals surface area contributed by atoms with E-state index in [0.717, 1.165) is 41.0 Å². The average molecular weight is 410 g/mol. The van der Waals surface area contributed by atoms with Crippen LogP contribution >= 0.6 is 0 Å². The Morgan fingerprint density at radius 1 is 1.10 bits per heavy atom. The van der Waals surface area contributed by atoms with Crippen molar-refractivity contribution in [2.45, 2.75) is 12.8 Å². The predicted octanol–water partition coefficient (Wildman–Crippen LogP) is 4.46. The molecule has 1 aliphatic heterocycles. The number of hydrogen-bond acceptors (Lipinski definition) is 4. The van der Waals surface area contributed by atoms with E-state index in [2.05, 4.69) is 34.2 Å². The van der Waals surface area contributed by atoms with Crippen LogP contribution in [0.3, 0.4) is 0 Å². The minimum Gasteiger partial charge on any atom is -0.436 e. The topological polar surface area (TPSA) is 67.1 Å². The second kappa shape index (κ2) is 6.68. The zero-order valence-electron chi connectivity index (χ0n) is 17.4. The van der Waals surface area contributed by atoms with Crippen LogP contribution in [0.5, 0.6) is 0 Å². The molecule has 31 heavy (non-hydrogen) atoms. The van der Waals surface area contributed by atoms with Gasteiger partial charge in [0.25, 0.3) is 5.56 Å². The molecule has 3 aromatic heterocycles. The summed E-state index contributed by atoms with van der Waals surface area (Å²) in [6.07, 6.45) is 3.89. The molecule has 0 aliphatic carbocycles. The summed E-state index contributed by atoms with van der Waals surface area (Å²) in [6.45, 7) is 4.19. The summed E-state index contributed by atoms with van der Waals surface area (Å²) in [6, 6.07) is 15.5. The lowest BCUT2D eigenvalue weighted by atomic mass is 9.92. The minimum atomic E-state index is -0.123. The molecule has 1 fully saturated rings. The van der Waals surface area contributed by atoms with E-state index in [1.54, 1.807) is 16.8 Å². The van der Waals surface area contributed by atoms with Crippen molar-refractivity contribution in [3.05, 3.63) is 82.4 Å². The fourth-order valence-corrected chi connectivity index (χ4v) is 4.51. The van der Waals surface area contributed by atoms with Crippen molar-refractivity contribution in [1.82, 2.24) is 19.4 Å². The average Bonchev–Trinajstić information content (AvgIpc) is 3.34. The molecule has 4 heterocycles. The van der Waals surface area contributed by atoms with Crippen molar-refractivity contribution in [2.24, 2.45) is 0 Å². The zero-order valence-corrected chi connectivity index (χ0v) is 17.4. The SMILES string of the molecule is Cc1ccc2oc(-c3ccn(-c4ccc5c(C6CN(C)C6)c[nH]c5c4)c(=O)c3)nc2c1. The van der Waals surface area contributed by atoms with E-state index in [-0.39, 0.29) is 5.56 Å². The Labute approximate surface area is 178 Å². The molecule has 0 unspecified atom stereocenters. The van der Waals surface area contributed by atoms with Gasteiger partial charge in [-0.1, -0.05) is 12.1 Å². The first-order chi connectivity index (χ1) is 15.0. The molecular formula is C25H22N4O2. The fraction of sp³-hybridized carbons (Fsp3) is 0.200. The van der Waals surface area contributed by atoms with Gasteiger partial charge in [-0.05, 0) is 55.4 Å². The quantitative estimate of drug-likeness (QED) is 0.477. The molecule has 5 aromatic rings. The Kier molecular flexibility index (Phi) is 3.91. The second-order valence-corrected chi connectivity index (χ2v) is 8.51. The summed E-state index contributed by atoms with van der Waals surface area (Å²) in [4.78, 5) is 23.1. The van der Waals surface area contributed by atoms with Crippen molar-refractivity contribution in [1.29, 1.82) is 0 Å². The Hall–Kier alpha value is -3.64. The Balaban J connectivity index is 1.35. The second-order valence-electron chi connectivity index (χ2n) is 8.51. The number of likely N-dealkylation sites (N-methyl/N-ethyl adjacent to an activating group) is 1. The highest BCUT2D eigenvalue weighted by atomic mass is 16.3. The molecule has 1 N–H and O–H groups in total. The van der Waals surface area contributed by atoms with Gasteiger partial charge in [0.15, 0.2) is 5.58 Å². The number of aromatic amines is 1. The maximum absolute atomic E-state index is 12.9. The number of aryl methyl sites for hydroxylation is 1. The third-order valence-electron chi connectivity index (χ3n) is 6.19. The van der Waals surface area contributed by atoms with Crippen LogP contribution < -0.4 is 5.56 Å². The summed E-state index contributed by atoms with van der Waals surface area (Å²) in [7, 11) is 2.14. The van der Waals surface area contributed by atoms with Gasteiger partial charge in [-0.15, -0.1) is 0 Å². The summed E-state index contributed by atoms with van der Waals surface area (Å²) in [5, 5.41) is 1.23. The first kappa shape index (κ1) is 18.2. The molecule has 0 spiro atoms. The Bertz CT molecular complexity index is 1500. The van der Waals surface area contributed by atoms with Crippen molar-refractivity contribution < 1.29 is 4.42 Å². The molecular weight excluding hydrogens is 388 g/mol. The van der Waals surface area contributed by atoms with Crippen molar-refractivity contribution in [3.63, 3.8) is 0 Å². The summed E-state index contributed by atoms with van der Waals surface area (Å²) in [5.41, 5.74) is 6.42. The van der Waals surface area contributed by atoms with Gasteiger partial charge < -0.3 is 14.3 Å². The lowest BCUT2D eigenvalue weighted by Crippen LogP contribution is -2.41. The normalized spacial score (nSPS) is 15.0. The number of likely N-dealkylation sites (tertiary alicyclic amines) is 1. The molecule has 2 aromatic carbocycles. The van der Waals surface area contributed by atoms with Crippen LogP contribution in [0.4, 0.5) is 0 Å². The van der Waals surface area contributed by atoms with Gasteiger partial charge >= 0.3 is 0 Å². The maximum Gasteiger partial charge on any atom is 0.255 e. The number of fused-ring (bicyclic) bond motifs is 2. The van der Waals surface area contributed by atoms with Crippen LogP contribution in [0.25, 0.3) is 39.1 Å². The molecule has 1 saturated heterocycles. The van der Waals surface area contributed by atoms with Gasteiger partial charge in [0.1, 0.15) is 5.52 Å². The Morgan fingerprint density at radius 2 is 1.97 bits per heavy atom. The van der Waals surface area contributed by atoms with Gasteiger partial charge in [0, 0.05) is 53.9 Å². The number of aromatic nitrogens is 3. The molecule has 0 radical (unpaired) electrons. The van der Waals surface area contributed by atoms with E-state index in [9.17, 15) is 4.79 Å². The number of benzene rings is 2.